The number of aliphatic imine (C=N–C) groups is 1. The molecule has 1 rings (SSSR count). The molecule has 0 amide bonds. The molecule has 0 spiro atoms. The predicted molar refractivity (Wildman–Crippen MR) is 47.0 cm³/mol. The van der Waals surface area contributed by atoms with Crippen LogP contribution in [0, 0.1) is 0 Å². The molecule has 0 atom stereocenters. The summed E-state index contributed by atoms with van der Waals surface area (Å²) in [7, 11) is 0. The number of aliphatic hydroxyl groups excluding tert-OH is 1. The van der Waals surface area contributed by atoms with E-state index in [9.17, 15) is 5.11 Å². The third-order valence-electron chi connectivity index (χ3n) is 1.68. The van der Waals surface area contributed by atoms with Crippen molar-refractivity contribution in [2.24, 2.45) is 4.99 Å². The van der Waals surface area contributed by atoms with Gasteiger partial charge in [-0.15, -0.1) is 0 Å². The zero-order valence-electron chi connectivity index (χ0n) is 7.42. The molecule has 1 heterocycles. The number of ether oxygens (including phenoxy) is 1. The van der Waals surface area contributed by atoms with Gasteiger partial charge in [-0.3, -0.25) is 5.32 Å². The lowest BCUT2D eigenvalue weighted by molar-refractivity contribution is 0.288. The van der Waals surface area contributed by atoms with Crippen LogP contribution < -0.4 is 5.32 Å². The van der Waals surface area contributed by atoms with Gasteiger partial charge < -0.3 is 9.84 Å². The van der Waals surface area contributed by atoms with Crippen molar-refractivity contribution in [3.05, 3.63) is 11.5 Å². The fourth-order valence-electron chi connectivity index (χ4n) is 0.969. The van der Waals surface area contributed by atoms with E-state index in [-0.39, 0.29) is 5.88 Å². The second-order valence-corrected chi connectivity index (χ2v) is 2.49. The Hall–Kier alpha value is -1.19. The first-order valence-electron chi connectivity index (χ1n) is 4.13. The summed E-state index contributed by atoms with van der Waals surface area (Å²) < 4.78 is 5.09. The Bertz CT molecular complexity index is 221. The van der Waals surface area contributed by atoms with Crippen molar-refractivity contribution >= 4 is 6.02 Å². The van der Waals surface area contributed by atoms with Crippen LogP contribution in [0.2, 0.25) is 0 Å². The zero-order valence-corrected chi connectivity index (χ0v) is 7.42. The van der Waals surface area contributed by atoms with Gasteiger partial charge in [-0.05, 0) is 13.3 Å². The molecule has 4 nitrogen and oxygen atoms in total. The minimum atomic E-state index is 0.191. The summed E-state index contributed by atoms with van der Waals surface area (Å²) >= 11 is 0. The average molecular weight is 170 g/mol. The van der Waals surface area contributed by atoms with Gasteiger partial charge in [-0.25, -0.2) is 4.99 Å². The highest BCUT2D eigenvalue weighted by molar-refractivity contribution is 5.76. The normalized spacial score (nSPS) is 17.0. The van der Waals surface area contributed by atoms with Crippen molar-refractivity contribution < 1.29 is 9.84 Å². The second-order valence-electron chi connectivity index (χ2n) is 2.49. The van der Waals surface area contributed by atoms with Crippen LogP contribution in [0.1, 0.15) is 20.3 Å². The van der Waals surface area contributed by atoms with Gasteiger partial charge in [-0.2, -0.15) is 0 Å². The Morgan fingerprint density at radius 1 is 1.58 bits per heavy atom. The van der Waals surface area contributed by atoms with E-state index >= 15 is 0 Å². The Morgan fingerprint density at radius 3 is 2.83 bits per heavy atom. The molecule has 4 heteroatoms. The molecule has 0 aromatic heterocycles. The van der Waals surface area contributed by atoms with Gasteiger partial charge in [0, 0.05) is 5.57 Å². The molecular formula is C8H14N2O2. The van der Waals surface area contributed by atoms with Crippen molar-refractivity contribution in [3.8, 4) is 0 Å². The monoisotopic (exact) mass is 170 g/mol. The molecule has 12 heavy (non-hydrogen) atoms. The Kier molecular flexibility index (Phi) is 2.96. The Balaban J connectivity index is 2.54. The first-order valence-corrected chi connectivity index (χ1v) is 4.13. The second kappa shape index (κ2) is 3.99. The van der Waals surface area contributed by atoms with Gasteiger partial charge in [0.25, 0.3) is 6.02 Å². The van der Waals surface area contributed by atoms with Gasteiger partial charge in [0.15, 0.2) is 5.88 Å². The van der Waals surface area contributed by atoms with Crippen LogP contribution >= 0.6 is 0 Å². The van der Waals surface area contributed by atoms with Crippen molar-refractivity contribution in [2.45, 2.75) is 20.3 Å². The quantitative estimate of drug-likeness (QED) is 0.654. The fraction of sp³-hybridized carbons (Fsp3) is 0.625. The molecule has 0 unspecified atom stereocenters. The van der Waals surface area contributed by atoms with Crippen molar-refractivity contribution in [1.82, 2.24) is 5.32 Å². The first-order chi connectivity index (χ1) is 5.77. The minimum absolute atomic E-state index is 0.191. The van der Waals surface area contributed by atoms with E-state index in [1.807, 2.05) is 13.8 Å². The average Bonchev–Trinajstić information content (AvgIpc) is 2.05. The lowest BCUT2D eigenvalue weighted by atomic mass is 10.2. The molecule has 1 aliphatic heterocycles. The van der Waals surface area contributed by atoms with Crippen LogP contribution in [0.25, 0.3) is 0 Å². The molecule has 0 bridgehead atoms. The van der Waals surface area contributed by atoms with Crippen LogP contribution in [-0.4, -0.2) is 24.3 Å². The van der Waals surface area contributed by atoms with Gasteiger partial charge in [0.1, 0.15) is 0 Å². The summed E-state index contributed by atoms with van der Waals surface area (Å²) in [5.74, 6) is 0.191. The van der Waals surface area contributed by atoms with Crippen LogP contribution in [0.3, 0.4) is 0 Å². The molecule has 0 fully saturated rings. The summed E-state index contributed by atoms with van der Waals surface area (Å²) in [6.45, 7) is 4.94. The standard InChI is InChI=1S/C8H14N2O2/c1-3-6-5-9-8(12-4-2)10-7(6)11/h11H,3-5H2,1-2H3,(H,9,10). The summed E-state index contributed by atoms with van der Waals surface area (Å²) in [4.78, 5) is 4.09. The van der Waals surface area contributed by atoms with E-state index in [4.69, 9.17) is 4.74 Å². The summed E-state index contributed by atoms with van der Waals surface area (Å²) in [5.41, 5.74) is 0.915. The molecule has 2 N–H and O–H groups in total. The summed E-state index contributed by atoms with van der Waals surface area (Å²) in [6, 6.07) is 0.409. The van der Waals surface area contributed by atoms with Gasteiger partial charge in [0.2, 0.25) is 0 Å². The summed E-state index contributed by atoms with van der Waals surface area (Å²) in [5, 5.41) is 12.1. The third kappa shape index (κ3) is 1.90. The lowest BCUT2D eigenvalue weighted by Gasteiger charge is -2.16. The molecule has 0 aliphatic carbocycles. The number of aliphatic hydroxyl groups is 1. The van der Waals surface area contributed by atoms with E-state index in [1.165, 1.54) is 0 Å². The molecular weight excluding hydrogens is 156 g/mol. The highest BCUT2D eigenvalue weighted by Crippen LogP contribution is 2.08. The van der Waals surface area contributed by atoms with Crippen molar-refractivity contribution in [1.29, 1.82) is 0 Å². The maximum absolute atomic E-state index is 9.37. The van der Waals surface area contributed by atoms with Crippen LogP contribution in [0.4, 0.5) is 0 Å². The van der Waals surface area contributed by atoms with Crippen LogP contribution in [-0.2, 0) is 4.74 Å². The zero-order chi connectivity index (χ0) is 8.97. The molecule has 0 saturated heterocycles. The maximum atomic E-state index is 9.37. The van der Waals surface area contributed by atoms with E-state index in [1.54, 1.807) is 0 Å². The SMILES string of the molecule is CCOC1=NCC(CC)=C(O)N1. The smallest absolute Gasteiger partial charge is 0.291 e. The molecule has 0 saturated carbocycles. The first kappa shape index (κ1) is 8.90. The van der Waals surface area contributed by atoms with Gasteiger partial charge >= 0.3 is 0 Å². The minimum Gasteiger partial charge on any atom is -0.494 e. The number of nitrogens with one attached hydrogen (secondary N) is 1. The van der Waals surface area contributed by atoms with Crippen LogP contribution in [0.5, 0.6) is 0 Å². The molecule has 0 aromatic carbocycles. The van der Waals surface area contributed by atoms with E-state index in [0.29, 0.717) is 19.2 Å². The topological polar surface area (TPSA) is 53.9 Å². The molecule has 0 aromatic rings. The fourth-order valence-corrected chi connectivity index (χ4v) is 0.969. The Labute approximate surface area is 72.0 Å². The highest BCUT2D eigenvalue weighted by Gasteiger charge is 2.12. The molecule has 0 radical (unpaired) electrons. The van der Waals surface area contributed by atoms with E-state index in [0.717, 1.165) is 12.0 Å². The number of nitrogens with zero attached hydrogens (tertiary/aromatic N) is 1. The van der Waals surface area contributed by atoms with Gasteiger partial charge in [-0.1, -0.05) is 6.92 Å². The van der Waals surface area contributed by atoms with Crippen LogP contribution in [0.15, 0.2) is 16.4 Å². The Morgan fingerprint density at radius 2 is 2.33 bits per heavy atom. The lowest BCUT2D eigenvalue weighted by Crippen LogP contribution is -2.30. The number of rotatable bonds is 2. The molecule has 68 valence electrons. The largest absolute Gasteiger partial charge is 0.494 e. The van der Waals surface area contributed by atoms with Crippen molar-refractivity contribution in [3.63, 3.8) is 0 Å². The van der Waals surface area contributed by atoms with Gasteiger partial charge in [0.05, 0.1) is 13.2 Å². The van der Waals surface area contributed by atoms with Crippen molar-refractivity contribution in [2.75, 3.05) is 13.2 Å². The molecule has 1 aliphatic rings. The predicted octanol–water partition coefficient (Wildman–Crippen LogP) is 1.16. The maximum Gasteiger partial charge on any atom is 0.291 e. The van der Waals surface area contributed by atoms with E-state index in [2.05, 4.69) is 10.3 Å². The summed E-state index contributed by atoms with van der Waals surface area (Å²) in [6.07, 6.45) is 0.807. The van der Waals surface area contributed by atoms with E-state index < -0.39 is 0 Å². The third-order valence-corrected chi connectivity index (χ3v) is 1.68. The number of hydrogen-bond acceptors (Lipinski definition) is 4. The number of amidine groups is 1. The number of hydrogen-bond donors (Lipinski definition) is 2. The highest BCUT2D eigenvalue weighted by atomic mass is 16.5.